The molecule has 0 amide bonds. The highest BCUT2D eigenvalue weighted by Gasteiger charge is 2.41. The zero-order valence-electron chi connectivity index (χ0n) is 19.0. The van der Waals surface area contributed by atoms with Gasteiger partial charge in [0.2, 0.25) is 5.75 Å². The van der Waals surface area contributed by atoms with Crippen LogP contribution in [0.4, 0.5) is 0 Å². The number of hydrogen-bond acceptors (Lipinski definition) is 6. The highest BCUT2D eigenvalue weighted by molar-refractivity contribution is 6.04. The lowest BCUT2D eigenvalue weighted by molar-refractivity contribution is 0.317. The Morgan fingerprint density at radius 1 is 1.03 bits per heavy atom. The van der Waals surface area contributed by atoms with Crippen molar-refractivity contribution in [3.8, 4) is 17.2 Å². The van der Waals surface area contributed by atoms with Crippen molar-refractivity contribution in [1.29, 1.82) is 0 Å². The van der Waals surface area contributed by atoms with E-state index in [1.807, 2.05) is 30.3 Å². The number of ether oxygens (including phenoxy) is 3. The molecule has 170 valence electrons. The molecule has 1 heterocycles. The predicted molar refractivity (Wildman–Crippen MR) is 126 cm³/mol. The molecular weight excluding hydrogens is 418 g/mol. The number of aromatic amines is 1. The van der Waals surface area contributed by atoms with E-state index in [1.165, 1.54) is 0 Å². The Labute approximate surface area is 192 Å². The summed E-state index contributed by atoms with van der Waals surface area (Å²) >= 11 is 0. The number of hydrogen-bond donors (Lipinski definition) is 2. The fourth-order valence-corrected chi connectivity index (χ4v) is 4.87. The number of benzene rings is 2. The predicted octanol–water partition coefficient (Wildman–Crippen LogP) is 4.58. The number of aromatic nitrogens is 2. The average Bonchev–Trinajstić information content (AvgIpc) is 3.63. The Hall–Kier alpha value is -3.74. The molecule has 0 aliphatic heterocycles. The average molecular weight is 446 g/mol. The molecule has 2 N–H and O–H groups in total. The zero-order valence-corrected chi connectivity index (χ0v) is 19.0. The lowest BCUT2D eigenvalue weighted by atomic mass is 9.68. The number of rotatable bonds is 7. The molecule has 1 atom stereocenters. The molecule has 3 aromatic rings. The Morgan fingerprint density at radius 3 is 2.42 bits per heavy atom. The number of oxime groups is 1. The Balaban J connectivity index is 1.70. The summed E-state index contributed by atoms with van der Waals surface area (Å²) in [4.78, 5) is 0. The first-order valence-corrected chi connectivity index (χ1v) is 11.0. The van der Waals surface area contributed by atoms with Crippen LogP contribution >= 0.6 is 0 Å². The van der Waals surface area contributed by atoms with Crippen LogP contribution in [0.15, 0.2) is 53.7 Å². The summed E-state index contributed by atoms with van der Waals surface area (Å²) in [7, 11) is 4.87. The maximum Gasteiger partial charge on any atom is 0.203 e. The van der Waals surface area contributed by atoms with E-state index in [-0.39, 0.29) is 5.92 Å². The maximum atomic E-state index is 9.61. The molecule has 1 fully saturated rings. The number of methoxy groups -OCH3 is 3. The smallest absolute Gasteiger partial charge is 0.203 e. The second-order valence-electron chi connectivity index (χ2n) is 8.45. The minimum Gasteiger partial charge on any atom is -0.493 e. The van der Waals surface area contributed by atoms with Gasteiger partial charge in [0, 0.05) is 34.6 Å². The van der Waals surface area contributed by atoms with Crippen LogP contribution < -0.4 is 14.2 Å². The Kier molecular flexibility index (Phi) is 5.32. The van der Waals surface area contributed by atoms with Gasteiger partial charge in [-0.1, -0.05) is 53.7 Å². The van der Waals surface area contributed by atoms with E-state index in [0.29, 0.717) is 29.4 Å². The first-order chi connectivity index (χ1) is 16.2. The number of nitrogens with one attached hydrogen (secondary N) is 1. The topological polar surface area (TPSA) is 89.0 Å². The summed E-state index contributed by atoms with van der Waals surface area (Å²) in [5.74, 6) is 2.08. The normalized spacial score (nSPS) is 19.8. The summed E-state index contributed by atoms with van der Waals surface area (Å²) in [6.07, 6.45) is 6.96. The van der Waals surface area contributed by atoms with Crippen molar-refractivity contribution >= 4 is 11.8 Å². The summed E-state index contributed by atoms with van der Waals surface area (Å²) in [6.45, 7) is 0. The monoisotopic (exact) mass is 445 g/mol. The van der Waals surface area contributed by atoms with Gasteiger partial charge in [-0.2, -0.15) is 5.10 Å². The highest BCUT2D eigenvalue weighted by atomic mass is 16.5. The second-order valence-corrected chi connectivity index (χ2v) is 8.45. The van der Waals surface area contributed by atoms with Crippen molar-refractivity contribution in [3.05, 3.63) is 76.6 Å². The van der Waals surface area contributed by atoms with Gasteiger partial charge in [-0.3, -0.25) is 5.10 Å². The van der Waals surface area contributed by atoms with E-state index in [9.17, 15) is 5.21 Å². The van der Waals surface area contributed by atoms with Crippen LogP contribution in [0.2, 0.25) is 0 Å². The van der Waals surface area contributed by atoms with E-state index in [0.717, 1.165) is 40.9 Å². The van der Waals surface area contributed by atoms with Crippen LogP contribution in [0.25, 0.3) is 6.08 Å². The van der Waals surface area contributed by atoms with Crippen molar-refractivity contribution in [2.75, 3.05) is 21.3 Å². The van der Waals surface area contributed by atoms with Gasteiger partial charge in [0.1, 0.15) is 11.4 Å². The second kappa shape index (κ2) is 8.31. The standard InChI is InChI=1S/C26H27N3O4/c1-31-21-12-11-19(24(32-2)25(21)33-3)26(17-7-5-4-6-8-17)14-13-18-20(15-26)27-28-23(18)22(29-30)16-9-10-16/h4-8,11-14,16,30H,9-10,15H2,1-3H3,(H,27,28)/b29-22+. The van der Waals surface area contributed by atoms with Crippen LogP contribution in [0.1, 0.15) is 40.9 Å². The fourth-order valence-electron chi connectivity index (χ4n) is 4.87. The van der Waals surface area contributed by atoms with Gasteiger partial charge in [0.15, 0.2) is 11.5 Å². The summed E-state index contributed by atoms with van der Waals surface area (Å²) in [6, 6.07) is 14.3. The van der Waals surface area contributed by atoms with Gasteiger partial charge in [-0.25, -0.2) is 0 Å². The SMILES string of the molecule is COc1ccc(C2(c3ccccc3)C=Cc3c(/C(=N/O)C4CC4)n[nH]c3C2)c(OC)c1OC. The van der Waals surface area contributed by atoms with E-state index in [2.05, 4.69) is 39.6 Å². The largest absolute Gasteiger partial charge is 0.493 e. The van der Waals surface area contributed by atoms with Crippen LogP contribution in [0, 0.1) is 5.92 Å². The number of fused-ring (bicyclic) bond motifs is 1. The summed E-state index contributed by atoms with van der Waals surface area (Å²) in [5, 5.41) is 20.9. The van der Waals surface area contributed by atoms with E-state index < -0.39 is 5.41 Å². The molecular formula is C26H27N3O4. The van der Waals surface area contributed by atoms with E-state index in [1.54, 1.807) is 21.3 Å². The number of H-pyrrole nitrogens is 1. The third-order valence-corrected chi connectivity index (χ3v) is 6.66. The minimum atomic E-state index is -0.529. The van der Waals surface area contributed by atoms with Crippen LogP contribution in [0.5, 0.6) is 17.2 Å². The van der Waals surface area contributed by atoms with Gasteiger partial charge in [0.05, 0.1) is 21.3 Å². The first kappa shape index (κ1) is 21.1. The molecule has 7 heteroatoms. The van der Waals surface area contributed by atoms with Gasteiger partial charge in [-0.05, 0) is 24.5 Å². The molecule has 0 radical (unpaired) electrons. The van der Waals surface area contributed by atoms with Crippen molar-refractivity contribution < 1.29 is 19.4 Å². The molecule has 33 heavy (non-hydrogen) atoms. The molecule has 5 rings (SSSR count). The minimum absolute atomic E-state index is 0.280. The zero-order chi connectivity index (χ0) is 23.0. The Bertz CT molecular complexity index is 1230. The third kappa shape index (κ3) is 3.35. The molecule has 0 spiro atoms. The summed E-state index contributed by atoms with van der Waals surface area (Å²) < 4.78 is 17.1. The molecule has 2 aliphatic rings. The maximum absolute atomic E-state index is 9.61. The van der Waals surface area contributed by atoms with Crippen LogP contribution in [-0.4, -0.2) is 42.4 Å². The van der Waals surface area contributed by atoms with Crippen molar-refractivity contribution in [2.24, 2.45) is 11.1 Å². The summed E-state index contributed by atoms with van der Waals surface area (Å²) in [5.41, 5.74) is 4.90. The molecule has 1 saturated carbocycles. The quantitative estimate of drug-likeness (QED) is 0.316. The lowest BCUT2D eigenvalue weighted by Gasteiger charge is -2.36. The number of nitrogens with zero attached hydrogens (tertiary/aromatic N) is 2. The van der Waals surface area contributed by atoms with Crippen molar-refractivity contribution in [3.63, 3.8) is 0 Å². The van der Waals surface area contributed by atoms with Crippen LogP contribution in [0.3, 0.4) is 0 Å². The van der Waals surface area contributed by atoms with Crippen LogP contribution in [-0.2, 0) is 11.8 Å². The van der Waals surface area contributed by atoms with Gasteiger partial charge in [-0.15, -0.1) is 0 Å². The highest BCUT2D eigenvalue weighted by Crippen LogP contribution is 2.50. The van der Waals surface area contributed by atoms with E-state index >= 15 is 0 Å². The molecule has 1 aromatic heterocycles. The van der Waals surface area contributed by atoms with Gasteiger partial charge < -0.3 is 19.4 Å². The van der Waals surface area contributed by atoms with Gasteiger partial charge in [0.25, 0.3) is 0 Å². The molecule has 2 aliphatic carbocycles. The van der Waals surface area contributed by atoms with Crippen molar-refractivity contribution in [2.45, 2.75) is 24.7 Å². The third-order valence-electron chi connectivity index (χ3n) is 6.66. The molecule has 7 nitrogen and oxygen atoms in total. The lowest BCUT2D eigenvalue weighted by Crippen LogP contribution is -2.31. The molecule has 0 saturated heterocycles. The van der Waals surface area contributed by atoms with Crippen molar-refractivity contribution in [1.82, 2.24) is 10.2 Å². The molecule has 1 unspecified atom stereocenters. The van der Waals surface area contributed by atoms with E-state index in [4.69, 9.17) is 14.2 Å². The fraction of sp³-hybridized carbons (Fsp3) is 0.308. The molecule has 0 bridgehead atoms. The Morgan fingerprint density at radius 2 is 1.79 bits per heavy atom. The number of allylic oxidation sites excluding steroid dienone is 1. The molecule has 2 aromatic carbocycles. The van der Waals surface area contributed by atoms with Gasteiger partial charge >= 0.3 is 0 Å². The first-order valence-electron chi connectivity index (χ1n) is 11.0.